The standard InChI is InChI=1S/C14H9N3/c1-2-6-11-10(5-1)9-12-14(15-11)16-13-7-3-4-8-17(12)13/h1-9H/p+1. The van der Waals surface area contributed by atoms with Crippen LogP contribution in [0.15, 0.2) is 54.7 Å². The summed E-state index contributed by atoms with van der Waals surface area (Å²) in [5.74, 6) is 0. The van der Waals surface area contributed by atoms with Crippen molar-refractivity contribution in [2.24, 2.45) is 0 Å². The first kappa shape index (κ1) is 8.70. The van der Waals surface area contributed by atoms with E-state index in [9.17, 15) is 0 Å². The second kappa shape index (κ2) is 3.04. The zero-order chi connectivity index (χ0) is 11.2. The first-order valence-electron chi connectivity index (χ1n) is 5.60. The molecule has 0 bridgehead atoms. The molecule has 1 aromatic carbocycles. The van der Waals surface area contributed by atoms with Crippen LogP contribution in [0.4, 0.5) is 0 Å². The van der Waals surface area contributed by atoms with Crippen molar-refractivity contribution in [1.29, 1.82) is 0 Å². The van der Waals surface area contributed by atoms with Crippen LogP contribution in [0.25, 0.3) is 27.7 Å². The van der Waals surface area contributed by atoms with E-state index in [1.54, 1.807) is 0 Å². The number of aromatic nitrogens is 3. The van der Waals surface area contributed by atoms with E-state index in [0.29, 0.717) is 0 Å². The Labute approximate surface area is 97.4 Å². The van der Waals surface area contributed by atoms with Gasteiger partial charge in [0.2, 0.25) is 0 Å². The molecule has 0 saturated carbocycles. The summed E-state index contributed by atoms with van der Waals surface area (Å²) in [4.78, 5) is 7.96. The average Bonchev–Trinajstić information content (AvgIpc) is 2.73. The largest absolute Gasteiger partial charge is 0.286 e. The molecule has 0 aliphatic rings. The number of hydrogen-bond acceptors (Lipinski definition) is 1. The minimum absolute atomic E-state index is 0.926. The number of H-pyrrole nitrogens is 1. The molecule has 0 atom stereocenters. The normalized spacial score (nSPS) is 11.5. The molecule has 0 fully saturated rings. The van der Waals surface area contributed by atoms with Crippen molar-refractivity contribution in [2.45, 2.75) is 0 Å². The fourth-order valence-electron chi connectivity index (χ4n) is 2.26. The van der Waals surface area contributed by atoms with Crippen LogP contribution in [0.5, 0.6) is 0 Å². The summed E-state index contributed by atoms with van der Waals surface area (Å²) in [6.07, 6.45) is 2.05. The van der Waals surface area contributed by atoms with Crippen LogP contribution in [0, 0.1) is 0 Å². The molecular weight excluding hydrogens is 210 g/mol. The maximum atomic E-state index is 4.64. The summed E-state index contributed by atoms with van der Waals surface area (Å²) in [6.45, 7) is 0. The molecule has 80 valence electrons. The zero-order valence-corrected chi connectivity index (χ0v) is 9.09. The fraction of sp³-hybridized carbons (Fsp3) is 0. The zero-order valence-electron chi connectivity index (χ0n) is 9.09. The molecule has 3 aromatic heterocycles. The highest BCUT2D eigenvalue weighted by atomic mass is 15.0. The molecular formula is C14H10N3+. The third kappa shape index (κ3) is 1.16. The van der Waals surface area contributed by atoms with E-state index in [-0.39, 0.29) is 0 Å². The van der Waals surface area contributed by atoms with Gasteiger partial charge in [-0.05, 0) is 12.1 Å². The lowest BCUT2D eigenvalue weighted by atomic mass is 10.2. The van der Waals surface area contributed by atoms with Gasteiger partial charge in [-0.15, -0.1) is 0 Å². The van der Waals surface area contributed by atoms with Gasteiger partial charge in [0, 0.05) is 17.5 Å². The molecule has 0 spiro atoms. The fourth-order valence-corrected chi connectivity index (χ4v) is 2.26. The van der Waals surface area contributed by atoms with Crippen LogP contribution in [-0.2, 0) is 0 Å². The number of pyridine rings is 2. The lowest BCUT2D eigenvalue weighted by molar-refractivity contribution is -0.480. The Morgan fingerprint density at radius 1 is 1.00 bits per heavy atom. The minimum atomic E-state index is 0.926. The number of imidazole rings is 1. The van der Waals surface area contributed by atoms with E-state index in [1.165, 1.54) is 0 Å². The smallest absolute Gasteiger partial charge is 0.220 e. The Morgan fingerprint density at radius 2 is 1.88 bits per heavy atom. The van der Waals surface area contributed by atoms with Gasteiger partial charge in [0.1, 0.15) is 0 Å². The summed E-state index contributed by atoms with van der Waals surface area (Å²) in [7, 11) is 0. The van der Waals surface area contributed by atoms with Gasteiger partial charge in [-0.3, -0.25) is 0 Å². The molecule has 4 aromatic rings. The van der Waals surface area contributed by atoms with Crippen LogP contribution in [0.1, 0.15) is 0 Å². The lowest BCUT2D eigenvalue weighted by Crippen LogP contribution is -2.18. The van der Waals surface area contributed by atoms with E-state index >= 15 is 0 Å². The molecule has 3 heterocycles. The number of nitrogens with one attached hydrogen (secondary N) is 1. The lowest BCUT2D eigenvalue weighted by Gasteiger charge is -1.93. The number of para-hydroxylation sites is 1. The number of rotatable bonds is 0. The Bertz CT molecular complexity index is 840. The molecule has 0 aliphatic carbocycles. The van der Waals surface area contributed by atoms with Gasteiger partial charge < -0.3 is 0 Å². The van der Waals surface area contributed by atoms with Crippen molar-refractivity contribution in [2.75, 3.05) is 0 Å². The van der Waals surface area contributed by atoms with Crippen molar-refractivity contribution in [3.05, 3.63) is 54.7 Å². The van der Waals surface area contributed by atoms with Gasteiger partial charge in [-0.2, -0.15) is 4.40 Å². The molecule has 0 saturated heterocycles. The maximum Gasteiger partial charge on any atom is 0.286 e. The second-order valence-corrected chi connectivity index (χ2v) is 4.13. The van der Waals surface area contributed by atoms with E-state index in [4.69, 9.17) is 0 Å². The molecule has 0 unspecified atom stereocenters. The van der Waals surface area contributed by atoms with Gasteiger partial charge in [-0.1, -0.05) is 24.3 Å². The maximum absolute atomic E-state index is 4.64. The summed E-state index contributed by atoms with van der Waals surface area (Å²) in [6, 6.07) is 16.4. The topological polar surface area (TPSA) is 32.8 Å². The van der Waals surface area contributed by atoms with Crippen molar-refractivity contribution >= 4 is 27.7 Å². The van der Waals surface area contributed by atoms with Gasteiger partial charge >= 0.3 is 0 Å². The van der Waals surface area contributed by atoms with Crippen LogP contribution < -0.4 is 4.40 Å². The van der Waals surface area contributed by atoms with Crippen LogP contribution in [0.3, 0.4) is 0 Å². The van der Waals surface area contributed by atoms with Crippen LogP contribution in [-0.4, -0.2) is 9.97 Å². The predicted octanol–water partition coefficient (Wildman–Crippen LogP) is 2.45. The molecule has 3 heteroatoms. The molecule has 0 aliphatic heterocycles. The van der Waals surface area contributed by atoms with E-state index in [2.05, 4.69) is 26.5 Å². The summed E-state index contributed by atoms with van der Waals surface area (Å²) in [5.41, 5.74) is 4.12. The molecule has 0 radical (unpaired) electrons. The molecule has 0 amide bonds. The number of fused-ring (bicyclic) bond motifs is 4. The number of hydrogen-bond donors (Lipinski definition) is 1. The Morgan fingerprint density at radius 3 is 2.88 bits per heavy atom. The molecule has 4 rings (SSSR count). The molecule has 17 heavy (non-hydrogen) atoms. The highest BCUT2D eigenvalue weighted by molar-refractivity contribution is 5.88. The third-order valence-corrected chi connectivity index (χ3v) is 3.07. The number of nitrogens with zero attached hydrogens (tertiary/aromatic N) is 2. The minimum Gasteiger partial charge on any atom is -0.220 e. The Kier molecular flexibility index (Phi) is 1.56. The van der Waals surface area contributed by atoms with Crippen molar-refractivity contribution in [3.63, 3.8) is 0 Å². The van der Waals surface area contributed by atoms with Crippen molar-refractivity contribution in [3.8, 4) is 0 Å². The number of benzene rings is 1. The molecule has 1 N–H and O–H groups in total. The quantitative estimate of drug-likeness (QED) is 0.454. The highest BCUT2D eigenvalue weighted by Gasteiger charge is 2.12. The second-order valence-electron chi connectivity index (χ2n) is 4.13. The highest BCUT2D eigenvalue weighted by Crippen LogP contribution is 2.16. The first-order chi connectivity index (χ1) is 8.42. The van der Waals surface area contributed by atoms with Gasteiger partial charge in [0.25, 0.3) is 11.3 Å². The predicted molar refractivity (Wildman–Crippen MR) is 66.8 cm³/mol. The van der Waals surface area contributed by atoms with Crippen LogP contribution in [0.2, 0.25) is 0 Å². The summed E-state index contributed by atoms with van der Waals surface area (Å²) >= 11 is 0. The van der Waals surface area contributed by atoms with Crippen molar-refractivity contribution < 1.29 is 4.40 Å². The monoisotopic (exact) mass is 220 g/mol. The van der Waals surface area contributed by atoms with Crippen LogP contribution >= 0.6 is 0 Å². The summed E-state index contributed by atoms with van der Waals surface area (Å²) < 4.78 is 2.12. The average molecular weight is 220 g/mol. The van der Waals surface area contributed by atoms with Crippen molar-refractivity contribution in [1.82, 2.24) is 9.97 Å². The Balaban J connectivity index is 2.28. The molecule has 3 nitrogen and oxygen atoms in total. The van der Waals surface area contributed by atoms with Gasteiger partial charge in [0.05, 0.1) is 11.7 Å². The van der Waals surface area contributed by atoms with E-state index < -0.39 is 0 Å². The first-order valence-corrected chi connectivity index (χ1v) is 5.60. The SMILES string of the molecule is c1ccc2nc3[nH]c4cccc[n+]4c3cc2c1. The van der Waals surface area contributed by atoms with Gasteiger partial charge in [0.15, 0.2) is 5.52 Å². The van der Waals surface area contributed by atoms with Gasteiger partial charge in [-0.25, -0.2) is 9.97 Å². The summed E-state index contributed by atoms with van der Waals surface area (Å²) in [5, 5.41) is 1.16. The Hall–Kier alpha value is -2.42. The van der Waals surface area contributed by atoms with E-state index in [0.717, 1.165) is 27.7 Å². The number of aromatic amines is 1. The third-order valence-electron chi connectivity index (χ3n) is 3.07. The van der Waals surface area contributed by atoms with E-state index in [1.807, 2.05) is 42.6 Å².